The first-order valence-electron chi connectivity index (χ1n) is 15.2. The molecule has 42 heavy (non-hydrogen) atoms. The minimum atomic E-state index is -0.329. The van der Waals surface area contributed by atoms with Crippen molar-refractivity contribution in [1.29, 1.82) is 0 Å². The van der Waals surface area contributed by atoms with Crippen LogP contribution in [-0.4, -0.2) is 51.6 Å². The second-order valence-electron chi connectivity index (χ2n) is 13.3. The number of hydrogen-bond acceptors (Lipinski definition) is 5. The number of anilines is 1. The lowest BCUT2D eigenvalue weighted by molar-refractivity contribution is -0.108. The molecule has 2 heterocycles. The van der Waals surface area contributed by atoms with Crippen molar-refractivity contribution in [3.63, 3.8) is 0 Å². The summed E-state index contributed by atoms with van der Waals surface area (Å²) in [6.07, 6.45) is 2.45. The lowest BCUT2D eigenvalue weighted by Crippen LogP contribution is -2.59. The maximum atomic E-state index is 13.3. The molecule has 1 saturated heterocycles. The van der Waals surface area contributed by atoms with Crippen LogP contribution in [0.1, 0.15) is 53.3 Å². The van der Waals surface area contributed by atoms with Gasteiger partial charge in [-0.1, -0.05) is 20.8 Å². The molecule has 8 nitrogen and oxygen atoms in total. The summed E-state index contributed by atoms with van der Waals surface area (Å²) < 4.78 is 20.6. The highest BCUT2D eigenvalue weighted by molar-refractivity contribution is 5.96. The van der Waals surface area contributed by atoms with Gasteiger partial charge in [-0.15, -0.1) is 0 Å². The van der Waals surface area contributed by atoms with Gasteiger partial charge in [0.2, 0.25) is 0 Å². The first-order chi connectivity index (χ1) is 20.0. The van der Waals surface area contributed by atoms with Crippen LogP contribution in [0.5, 0.6) is 5.75 Å². The van der Waals surface area contributed by atoms with Gasteiger partial charge in [0.05, 0.1) is 16.9 Å². The summed E-state index contributed by atoms with van der Waals surface area (Å²) in [5, 5.41) is 7.82. The molecule has 1 aromatic heterocycles. The molecule has 0 unspecified atom stereocenters. The first kappa shape index (κ1) is 28.6. The summed E-state index contributed by atoms with van der Waals surface area (Å²) in [4.78, 5) is 25.8. The fourth-order valence-electron chi connectivity index (χ4n) is 7.47. The van der Waals surface area contributed by atoms with Crippen LogP contribution in [0.15, 0.2) is 52.3 Å². The van der Waals surface area contributed by atoms with Gasteiger partial charge in [-0.2, -0.15) is 0 Å². The van der Waals surface area contributed by atoms with Gasteiger partial charge in [0, 0.05) is 37.9 Å². The fraction of sp³-hybridized carbons (Fsp3) is 0.545. The second-order valence-corrected chi connectivity index (χ2v) is 13.3. The van der Waals surface area contributed by atoms with E-state index in [0.29, 0.717) is 51.8 Å². The van der Waals surface area contributed by atoms with Crippen LogP contribution >= 0.6 is 0 Å². The molecule has 7 rings (SSSR count). The Morgan fingerprint density at radius 3 is 2.50 bits per heavy atom. The summed E-state index contributed by atoms with van der Waals surface area (Å²) in [5.74, 6) is 3.54. The van der Waals surface area contributed by atoms with Crippen LogP contribution in [0.2, 0.25) is 0 Å². The number of ether oxygens (including phenoxy) is 1. The Balaban J connectivity index is 1.29. The van der Waals surface area contributed by atoms with Crippen LogP contribution in [-0.2, 0) is 13.7 Å². The largest absolute Gasteiger partial charge is 0.486 e. The van der Waals surface area contributed by atoms with E-state index in [1.54, 1.807) is 19.2 Å². The SMILES string of the molecule is C[C@@H]1[C@@H](N=C(Nc2ccc3c(=O)n(C)c(COc4ccc(F)cc4)nc3c2)N2C[C@@H](C)N[C@@H](C)C2)C[C@@H]2C[C@H]1C2(C)C. The number of benzene rings is 2. The molecule has 3 aromatic rings. The fourth-order valence-corrected chi connectivity index (χ4v) is 7.47. The number of fused-ring (bicyclic) bond motifs is 3. The highest BCUT2D eigenvalue weighted by Crippen LogP contribution is 2.61. The lowest BCUT2D eigenvalue weighted by Gasteiger charge is -2.61. The third-order valence-corrected chi connectivity index (χ3v) is 10.1. The number of nitrogens with one attached hydrogen (secondary N) is 2. The van der Waals surface area contributed by atoms with Crippen LogP contribution < -0.4 is 20.9 Å². The number of guanidine groups is 1. The smallest absolute Gasteiger partial charge is 0.261 e. The zero-order valence-electron chi connectivity index (χ0n) is 25.5. The molecule has 2 aromatic carbocycles. The third kappa shape index (κ3) is 5.39. The molecular weight excluding hydrogens is 531 g/mol. The highest BCUT2D eigenvalue weighted by atomic mass is 19.1. The second kappa shape index (κ2) is 11.0. The molecule has 4 aliphatic rings. The molecule has 9 heteroatoms. The summed E-state index contributed by atoms with van der Waals surface area (Å²) >= 11 is 0. The Bertz CT molecular complexity index is 1540. The number of halogens is 1. The molecule has 1 aliphatic heterocycles. The van der Waals surface area contributed by atoms with Crippen LogP contribution in [0.25, 0.3) is 10.9 Å². The van der Waals surface area contributed by atoms with E-state index in [2.05, 4.69) is 50.2 Å². The Morgan fingerprint density at radius 1 is 1.12 bits per heavy atom. The van der Waals surface area contributed by atoms with Crippen LogP contribution in [0.3, 0.4) is 0 Å². The van der Waals surface area contributed by atoms with Crippen molar-refractivity contribution in [3.8, 4) is 5.75 Å². The molecule has 224 valence electrons. The maximum absolute atomic E-state index is 13.3. The highest BCUT2D eigenvalue weighted by Gasteiger charge is 2.56. The standard InChI is InChI=1S/C33H43FN6O2/c1-19-16-40(17-20(2)35-19)32(38-28-14-22-13-27(21(28)3)33(22,4)5)36-24-9-12-26-29(15-24)37-30(39(6)31(26)41)18-42-25-10-7-23(34)8-11-25/h7-12,15,19-22,27-28,35H,13-14,16-18H2,1-6H3,(H,36,38)/t19-,20+,21-,22-,27+,28-/m0/s1. The molecule has 3 saturated carbocycles. The van der Waals surface area contributed by atoms with E-state index in [9.17, 15) is 9.18 Å². The molecular formula is C33H43FN6O2. The predicted molar refractivity (Wildman–Crippen MR) is 165 cm³/mol. The lowest BCUT2D eigenvalue weighted by atomic mass is 9.45. The van der Waals surface area contributed by atoms with Gasteiger partial charge in [0.25, 0.3) is 5.56 Å². The number of hydrogen-bond donors (Lipinski definition) is 2. The molecule has 2 N–H and O–H groups in total. The average Bonchev–Trinajstić information content (AvgIpc) is 2.94. The van der Waals surface area contributed by atoms with E-state index in [1.807, 2.05) is 18.2 Å². The van der Waals surface area contributed by atoms with Crippen molar-refractivity contribution < 1.29 is 9.13 Å². The molecule has 3 aliphatic carbocycles. The third-order valence-electron chi connectivity index (χ3n) is 10.1. The number of aliphatic imine (C=N–C) groups is 1. The van der Waals surface area contributed by atoms with Crippen molar-refractivity contribution >= 4 is 22.5 Å². The van der Waals surface area contributed by atoms with Crippen molar-refractivity contribution in [1.82, 2.24) is 19.8 Å². The first-order valence-corrected chi connectivity index (χ1v) is 15.2. The van der Waals surface area contributed by atoms with Gasteiger partial charge >= 0.3 is 0 Å². The van der Waals surface area contributed by atoms with E-state index in [4.69, 9.17) is 14.7 Å². The molecule has 2 bridgehead atoms. The number of aromatic nitrogens is 2. The number of rotatable bonds is 5. The van der Waals surface area contributed by atoms with Crippen molar-refractivity contribution in [2.24, 2.45) is 35.2 Å². The average molecular weight is 575 g/mol. The zero-order chi connectivity index (χ0) is 29.8. The Morgan fingerprint density at radius 2 is 1.83 bits per heavy atom. The van der Waals surface area contributed by atoms with Gasteiger partial charge in [0.1, 0.15) is 24.0 Å². The van der Waals surface area contributed by atoms with Gasteiger partial charge in [-0.3, -0.25) is 9.36 Å². The minimum absolute atomic E-state index is 0.0898. The summed E-state index contributed by atoms with van der Waals surface area (Å²) in [6, 6.07) is 12.5. The maximum Gasteiger partial charge on any atom is 0.261 e. The molecule has 0 radical (unpaired) electrons. The normalized spacial score (nSPS) is 28.8. The topological polar surface area (TPSA) is 83.8 Å². The predicted octanol–water partition coefficient (Wildman–Crippen LogP) is 5.17. The minimum Gasteiger partial charge on any atom is -0.486 e. The van der Waals surface area contributed by atoms with E-state index in [-0.39, 0.29) is 24.0 Å². The number of piperazine rings is 1. The Labute approximate surface area is 247 Å². The summed E-state index contributed by atoms with van der Waals surface area (Å²) in [5.41, 5.74) is 1.71. The molecule has 0 spiro atoms. The monoisotopic (exact) mass is 574 g/mol. The Hall–Kier alpha value is -3.46. The molecule has 6 atom stereocenters. The number of nitrogens with zero attached hydrogens (tertiary/aromatic N) is 4. The van der Waals surface area contributed by atoms with Crippen molar-refractivity contribution in [3.05, 3.63) is 64.5 Å². The van der Waals surface area contributed by atoms with Gasteiger partial charge < -0.3 is 20.3 Å². The van der Waals surface area contributed by atoms with E-state index >= 15 is 0 Å². The van der Waals surface area contributed by atoms with Crippen molar-refractivity contribution in [2.45, 2.75) is 72.2 Å². The zero-order valence-corrected chi connectivity index (χ0v) is 25.5. The summed E-state index contributed by atoms with van der Waals surface area (Å²) in [7, 11) is 1.69. The van der Waals surface area contributed by atoms with E-state index in [1.165, 1.54) is 23.1 Å². The van der Waals surface area contributed by atoms with Gasteiger partial charge in [-0.25, -0.2) is 14.4 Å². The van der Waals surface area contributed by atoms with Crippen LogP contribution in [0.4, 0.5) is 10.1 Å². The molecule has 4 fully saturated rings. The van der Waals surface area contributed by atoms with Gasteiger partial charge in [-0.05, 0) is 92.3 Å². The Kier molecular flexibility index (Phi) is 7.50. The van der Waals surface area contributed by atoms with E-state index < -0.39 is 0 Å². The van der Waals surface area contributed by atoms with E-state index in [0.717, 1.165) is 37.1 Å². The van der Waals surface area contributed by atoms with Crippen LogP contribution in [0, 0.1) is 29.0 Å². The van der Waals surface area contributed by atoms with Crippen molar-refractivity contribution in [2.75, 3.05) is 18.4 Å². The molecule has 0 amide bonds. The quantitative estimate of drug-likeness (QED) is 0.323. The van der Waals surface area contributed by atoms with Gasteiger partial charge in [0.15, 0.2) is 5.96 Å². The summed E-state index contributed by atoms with van der Waals surface area (Å²) in [6.45, 7) is 13.5.